The number of hydrogen-bond donors (Lipinski definition) is 0. The molecule has 0 bridgehead atoms. The predicted octanol–water partition coefficient (Wildman–Crippen LogP) is 1.34. The molecular weight excluding hydrogens is 172 g/mol. The molecule has 0 radical (unpaired) electrons. The Bertz CT molecular complexity index is 159. The van der Waals surface area contributed by atoms with E-state index in [1.165, 1.54) is 7.11 Å². The van der Waals surface area contributed by atoms with Crippen LogP contribution in [0.25, 0.3) is 0 Å². The zero-order valence-corrected chi connectivity index (χ0v) is 8.92. The molecule has 13 heavy (non-hydrogen) atoms. The highest BCUT2D eigenvalue weighted by molar-refractivity contribution is 5.74. The molecule has 0 aromatic rings. The summed E-state index contributed by atoms with van der Waals surface area (Å²) in [6.45, 7) is 7.17. The van der Waals surface area contributed by atoms with Gasteiger partial charge in [-0.15, -0.1) is 0 Å². The van der Waals surface area contributed by atoms with Gasteiger partial charge in [0.1, 0.15) is 12.4 Å². The van der Waals surface area contributed by atoms with Crippen LogP contribution >= 0.6 is 0 Å². The highest BCUT2D eigenvalue weighted by Gasteiger charge is 2.21. The van der Waals surface area contributed by atoms with Crippen molar-refractivity contribution in [3.05, 3.63) is 0 Å². The Morgan fingerprint density at radius 1 is 1.38 bits per heavy atom. The van der Waals surface area contributed by atoms with Gasteiger partial charge in [-0.25, -0.2) is 4.79 Å². The molecule has 1 atom stereocenters. The zero-order valence-electron chi connectivity index (χ0n) is 8.92. The summed E-state index contributed by atoms with van der Waals surface area (Å²) in [6.07, 6.45) is -0.584. The lowest BCUT2D eigenvalue weighted by Gasteiger charge is -2.22. The first kappa shape index (κ1) is 12.4. The summed E-state index contributed by atoms with van der Waals surface area (Å²) >= 11 is 0. The van der Waals surface area contributed by atoms with Crippen molar-refractivity contribution in [1.82, 2.24) is 0 Å². The number of esters is 1. The standard InChI is InChI=1S/C9H18O4/c1-7(12-6-11-5)8(10)13-9(2,3)4/h7H,6H2,1-5H3. The third-order valence-electron chi connectivity index (χ3n) is 1.17. The highest BCUT2D eigenvalue weighted by Crippen LogP contribution is 2.09. The minimum atomic E-state index is -0.584. The molecule has 0 heterocycles. The summed E-state index contributed by atoms with van der Waals surface area (Å²) in [6, 6.07) is 0. The first-order valence-electron chi connectivity index (χ1n) is 4.20. The first-order chi connectivity index (χ1) is 5.87. The summed E-state index contributed by atoms with van der Waals surface area (Å²) in [5.41, 5.74) is -0.470. The van der Waals surface area contributed by atoms with E-state index in [1.807, 2.05) is 20.8 Å². The van der Waals surface area contributed by atoms with Crippen molar-refractivity contribution in [2.24, 2.45) is 0 Å². The average molecular weight is 190 g/mol. The van der Waals surface area contributed by atoms with Crippen molar-refractivity contribution >= 4 is 5.97 Å². The molecule has 0 aliphatic rings. The summed E-state index contributed by atoms with van der Waals surface area (Å²) in [7, 11) is 1.50. The molecule has 0 rings (SSSR count). The van der Waals surface area contributed by atoms with E-state index in [-0.39, 0.29) is 12.8 Å². The van der Waals surface area contributed by atoms with E-state index in [4.69, 9.17) is 9.47 Å². The Kier molecular flexibility index (Phi) is 4.95. The molecule has 0 aliphatic carbocycles. The van der Waals surface area contributed by atoms with Crippen LogP contribution in [0.1, 0.15) is 27.7 Å². The molecule has 1 unspecified atom stereocenters. The summed E-state index contributed by atoms with van der Waals surface area (Å²) in [5.74, 6) is -0.371. The van der Waals surface area contributed by atoms with Crippen LogP contribution < -0.4 is 0 Å². The van der Waals surface area contributed by atoms with Crippen molar-refractivity contribution in [2.75, 3.05) is 13.9 Å². The summed E-state index contributed by atoms with van der Waals surface area (Å²) < 4.78 is 14.7. The van der Waals surface area contributed by atoms with Gasteiger partial charge in [0.15, 0.2) is 6.10 Å². The second-order valence-corrected chi connectivity index (χ2v) is 3.75. The lowest BCUT2D eigenvalue weighted by Crippen LogP contribution is -2.32. The number of ether oxygens (including phenoxy) is 3. The normalized spacial score (nSPS) is 13.9. The van der Waals surface area contributed by atoms with E-state index in [0.29, 0.717) is 0 Å². The van der Waals surface area contributed by atoms with Crippen LogP contribution in [0.4, 0.5) is 0 Å². The Balaban J connectivity index is 3.83. The summed E-state index contributed by atoms with van der Waals surface area (Å²) in [5, 5.41) is 0. The number of hydrogen-bond acceptors (Lipinski definition) is 4. The SMILES string of the molecule is COCOC(C)C(=O)OC(C)(C)C. The zero-order chi connectivity index (χ0) is 10.5. The first-order valence-corrected chi connectivity index (χ1v) is 4.20. The van der Waals surface area contributed by atoms with Gasteiger partial charge in [0, 0.05) is 7.11 Å². The Morgan fingerprint density at radius 3 is 2.31 bits per heavy atom. The van der Waals surface area contributed by atoms with Gasteiger partial charge in [0.2, 0.25) is 0 Å². The molecule has 0 amide bonds. The van der Waals surface area contributed by atoms with Crippen molar-refractivity contribution in [2.45, 2.75) is 39.4 Å². The fourth-order valence-corrected chi connectivity index (χ4v) is 0.623. The molecule has 0 aromatic carbocycles. The molecule has 0 saturated carbocycles. The van der Waals surface area contributed by atoms with Crippen LogP contribution in [0.2, 0.25) is 0 Å². The molecule has 0 saturated heterocycles. The number of carbonyl (C=O) groups excluding carboxylic acids is 1. The Labute approximate surface area is 79.2 Å². The van der Waals surface area contributed by atoms with Gasteiger partial charge in [-0.1, -0.05) is 0 Å². The third kappa shape index (κ3) is 6.54. The quantitative estimate of drug-likeness (QED) is 0.495. The fraction of sp³-hybridized carbons (Fsp3) is 0.889. The third-order valence-corrected chi connectivity index (χ3v) is 1.17. The van der Waals surface area contributed by atoms with Crippen LogP contribution in [0, 0.1) is 0 Å². The van der Waals surface area contributed by atoms with Gasteiger partial charge >= 0.3 is 5.97 Å². The minimum absolute atomic E-state index is 0.0976. The average Bonchev–Trinajstić information content (AvgIpc) is 1.96. The number of rotatable bonds is 4. The molecule has 4 nitrogen and oxygen atoms in total. The molecule has 0 fully saturated rings. The Morgan fingerprint density at radius 2 is 1.92 bits per heavy atom. The van der Waals surface area contributed by atoms with E-state index in [2.05, 4.69) is 4.74 Å². The largest absolute Gasteiger partial charge is 0.458 e. The fourth-order valence-electron chi connectivity index (χ4n) is 0.623. The van der Waals surface area contributed by atoms with Crippen molar-refractivity contribution in [3.8, 4) is 0 Å². The minimum Gasteiger partial charge on any atom is -0.458 e. The molecule has 0 aliphatic heterocycles. The van der Waals surface area contributed by atoms with Gasteiger partial charge in [-0.05, 0) is 27.7 Å². The maximum Gasteiger partial charge on any atom is 0.335 e. The van der Waals surface area contributed by atoms with Crippen molar-refractivity contribution < 1.29 is 19.0 Å². The van der Waals surface area contributed by atoms with Gasteiger partial charge in [0.05, 0.1) is 0 Å². The molecular formula is C9H18O4. The number of carbonyl (C=O) groups is 1. The van der Waals surface area contributed by atoms with E-state index in [9.17, 15) is 4.79 Å². The van der Waals surface area contributed by atoms with Crippen LogP contribution in [0.5, 0.6) is 0 Å². The van der Waals surface area contributed by atoms with Crippen molar-refractivity contribution in [3.63, 3.8) is 0 Å². The molecule has 0 spiro atoms. The summed E-state index contributed by atoms with van der Waals surface area (Å²) in [4.78, 5) is 11.3. The van der Waals surface area contributed by atoms with E-state index < -0.39 is 11.7 Å². The second-order valence-electron chi connectivity index (χ2n) is 3.75. The number of methoxy groups -OCH3 is 1. The van der Waals surface area contributed by atoms with Gasteiger partial charge < -0.3 is 14.2 Å². The lowest BCUT2D eigenvalue weighted by molar-refractivity contribution is -0.174. The monoisotopic (exact) mass is 190 g/mol. The van der Waals surface area contributed by atoms with E-state index in [1.54, 1.807) is 6.92 Å². The van der Waals surface area contributed by atoms with Gasteiger partial charge in [0.25, 0.3) is 0 Å². The predicted molar refractivity (Wildman–Crippen MR) is 48.3 cm³/mol. The molecule has 78 valence electrons. The van der Waals surface area contributed by atoms with Gasteiger partial charge in [-0.2, -0.15) is 0 Å². The molecule has 0 aromatic heterocycles. The molecule has 0 N–H and O–H groups in total. The van der Waals surface area contributed by atoms with Crippen molar-refractivity contribution in [1.29, 1.82) is 0 Å². The Hall–Kier alpha value is -0.610. The van der Waals surface area contributed by atoms with Crippen LogP contribution in [0.15, 0.2) is 0 Å². The van der Waals surface area contributed by atoms with Crippen LogP contribution in [-0.4, -0.2) is 31.6 Å². The van der Waals surface area contributed by atoms with E-state index >= 15 is 0 Å². The maximum atomic E-state index is 11.3. The highest BCUT2D eigenvalue weighted by atomic mass is 16.7. The van der Waals surface area contributed by atoms with Crippen LogP contribution in [-0.2, 0) is 19.0 Å². The second kappa shape index (κ2) is 5.19. The van der Waals surface area contributed by atoms with Crippen LogP contribution in [0.3, 0.4) is 0 Å². The smallest absolute Gasteiger partial charge is 0.335 e. The van der Waals surface area contributed by atoms with E-state index in [0.717, 1.165) is 0 Å². The molecule has 4 heteroatoms. The maximum absolute atomic E-state index is 11.3. The topological polar surface area (TPSA) is 44.8 Å². The lowest BCUT2D eigenvalue weighted by atomic mass is 10.2. The van der Waals surface area contributed by atoms with Gasteiger partial charge in [-0.3, -0.25) is 0 Å².